The van der Waals surface area contributed by atoms with Gasteiger partial charge in [-0.2, -0.15) is 5.26 Å². The Labute approximate surface area is 196 Å². The highest BCUT2D eigenvalue weighted by atomic mass is 31.2. The maximum absolute atomic E-state index is 13.7. The predicted octanol–water partition coefficient (Wildman–Crippen LogP) is 5.52. The van der Waals surface area contributed by atoms with Gasteiger partial charge in [0.05, 0.1) is 30.9 Å². The summed E-state index contributed by atoms with van der Waals surface area (Å²) in [7, 11) is -3.94. The summed E-state index contributed by atoms with van der Waals surface area (Å²) < 4.78 is 37.5. The lowest BCUT2D eigenvalue weighted by Gasteiger charge is -2.47. The lowest BCUT2D eigenvalue weighted by Crippen LogP contribution is -2.54. The van der Waals surface area contributed by atoms with E-state index >= 15 is 0 Å². The summed E-state index contributed by atoms with van der Waals surface area (Å²) in [5.41, 5.74) is 0.184. The Morgan fingerprint density at radius 1 is 1.21 bits per heavy atom. The van der Waals surface area contributed by atoms with Gasteiger partial charge in [-0.05, 0) is 51.3 Å². The minimum atomic E-state index is -3.94. The normalized spacial score (nSPS) is 22.0. The molecular formula is C24H35N2O6P. The SMILES string of the molecule is CCCCOP(=O)(OCCCC)O[C@H]1[C@H](N2CCCC2=O)c2cc(C#N)ccc2OC1(C)C. The van der Waals surface area contributed by atoms with Crippen molar-refractivity contribution >= 4 is 13.7 Å². The molecular weight excluding hydrogens is 443 g/mol. The molecule has 1 aromatic rings. The van der Waals surface area contributed by atoms with Crippen LogP contribution < -0.4 is 4.74 Å². The Hall–Kier alpha value is -1.91. The number of carbonyl (C=O) groups excluding carboxylic acids is 1. The van der Waals surface area contributed by atoms with Crippen LogP contribution in [0.3, 0.4) is 0 Å². The van der Waals surface area contributed by atoms with E-state index in [1.165, 1.54) is 0 Å². The number of benzene rings is 1. The number of nitriles is 1. The molecule has 1 fully saturated rings. The van der Waals surface area contributed by atoms with Gasteiger partial charge in [0.15, 0.2) is 0 Å². The fourth-order valence-electron chi connectivity index (χ4n) is 4.18. The van der Waals surface area contributed by atoms with Crippen LogP contribution in [0.15, 0.2) is 18.2 Å². The van der Waals surface area contributed by atoms with Gasteiger partial charge in [-0.3, -0.25) is 18.4 Å². The fourth-order valence-corrected chi connectivity index (χ4v) is 5.73. The zero-order valence-corrected chi connectivity index (χ0v) is 20.9. The molecule has 0 spiro atoms. The van der Waals surface area contributed by atoms with Gasteiger partial charge in [0.2, 0.25) is 5.91 Å². The first-order valence-electron chi connectivity index (χ1n) is 11.8. The predicted molar refractivity (Wildman–Crippen MR) is 124 cm³/mol. The summed E-state index contributed by atoms with van der Waals surface area (Å²) in [6.07, 6.45) is 3.54. The molecule has 182 valence electrons. The average molecular weight is 479 g/mol. The summed E-state index contributed by atoms with van der Waals surface area (Å²) in [6.45, 7) is 8.76. The lowest BCUT2D eigenvalue weighted by atomic mass is 9.85. The molecule has 0 aromatic heterocycles. The second-order valence-electron chi connectivity index (χ2n) is 9.05. The number of fused-ring (bicyclic) bond motifs is 1. The van der Waals surface area contributed by atoms with Crippen LogP contribution in [-0.2, 0) is 22.9 Å². The summed E-state index contributed by atoms with van der Waals surface area (Å²) in [5, 5.41) is 9.45. The van der Waals surface area contributed by atoms with Crippen molar-refractivity contribution in [2.45, 2.75) is 84.0 Å². The summed E-state index contributed by atoms with van der Waals surface area (Å²) in [6, 6.07) is 6.72. The van der Waals surface area contributed by atoms with E-state index in [1.807, 2.05) is 27.7 Å². The van der Waals surface area contributed by atoms with Crippen LogP contribution in [0.25, 0.3) is 0 Å². The Balaban J connectivity index is 2.02. The van der Waals surface area contributed by atoms with E-state index in [0.29, 0.717) is 29.8 Å². The summed E-state index contributed by atoms with van der Waals surface area (Å²) in [4.78, 5) is 14.6. The van der Waals surface area contributed by atoms with Crippen molar-refractivity contribution in [1.29, 1.82) is 5.26 Å². The molecule has 2 aliphatic rings. The van der Waals surface area contributed by atoms with E-state index in [9.17, 15) is 14.6 Å². The Kier molecular flexibility index (Phi) is 8.58. The summed E-state index contributed by atoms with van der Waals surface area (Å²) >= 11 is 0. The van der Waals surface area contributed by atoms with E-state index in [2.05, 4.69) is 6.07 Å². The van der Waals surface area contributed by atoms with E-state index in [0.717, 1.165) is 32.1 Å². The molecule has 2 heterocycles. The van der Waals surface area contributed by atoms with Crippen LogP contribution >= 0.6 is 7.82 Å². The van der Waals surface area contributed by atoms with Gasteiger partial charge in [0.1, 0.15) is 17.5 Å². The number of hydrogen-bond acceptors (Lipinski definition) is 7. The summed E-state index contributed by atoms with van der Waals surface area (Å²) in [5.74, 6) is 0.574. The number of phosphoric ester groups is 1. The molecule has 9 heteroatoms. The molecule has 0 saturated carbocycles. The first-order chi connectivity index (χ1) is 15.7. The number of hydrogen-bond donors (Lipinski definition) is 0. The number of amides is 1. The first kappa shape index (κ1) is 25.7. The van der Waals surface area contributed by atoms with E-state index in [-0.39, 0.29) is 19.1 Å². The van der Waals surface area contributed by atoms with Crippen molar-refractivity contribution in [2.75, 3.05) is 19.8 Å². The van der Waals surface area contributed by atoms with Gasteiger partial charge < -0.3 is 9.64 Å². The molecule has 0 N–H and O–H groups in total. The average Bonchev–Trinajstić information content (AvgIpc) is 3.19. The maximum atomic E-state index is 13.7. The standard InChI is InChI=1S/C24H35N2O6P/c1-5-7-14-29-33(28,30-15-8-6-2)32-23-22(26-13-9-10-21(26)27)19-16-18(17-25)11-12-20(19)31-24(23,3)4/h11-12,16,22-23H,5-10,13-15H2,1-4H3/t22-,23+/m1/s1. The third kappa shape index (κ3) is 5.96. The van der Waals surface area contributed by atoms with Crippen LogP contribution in [0, 0.1) is 11.3 Å². The maximum Gasteiger partial charge on any atom is 0.475 e. The third-order valence-corrected chi connectivity index (χ3v) is 7.47. The first-order valence-corrected chi connectivity index (χ1v) is 13.3. The number of likely N-dealkylation sites (tertiary alicyclic amines) is 1. The van der Waals surface area contributed by atoms with Crippen LogP contribution in [0.2, 0.25) is 0 Å². The zero-order chi connectivity index (χ0) is 24.1. The van der Waals surface area contributed by atoms with E-state index < -0.39 is 25.6 Å². The highest BCUT2D eigenvalue weighted by molar-refractivity contribution is 7.48. The van der Waals surface area contributed by atoms with Crippen molar-refractivity contribution in [3.63, 3.8) is 0 Å². The number of nitrogens with zero attached hydrogens (tertiary/aromatic N) is 2. The molecule has 0 bridgehead atoms. The second-order valence-corrected chi connectivity index (χ2v) is 10.7. The Morgan fingerprint density at radius 3 is 2.42 bits per heavy atom. The minimum absolute atomic E-state index is 0.00625. The molecule has 0 aliphatic carbocycles. The minimum Gasteiger partial charge on any atom is -0.485 e. The van der Waals surface area contributed by atoms with Crippen LogP contribution in [0.5, 0.6) is 5.75 Å². The molecule has 33 heavy (non-hydrogen) atoms. The van der Waals surface area contributed by atoms with Crippen molar-refractivity contribution < 1.29 is 27.7 Å². The van der Waals surface area contributed by atoms with Crippen LogP contribution in [0.1, 0.15) is 83.4 Å². The van der Waals surface area contributed by atoms with Gasteiger partial charge in [-0.1, -0.05) is 26.7 Å². The van der Waals surface area contributed by atoms with Crippen molar-refractivity contribution in [2.24, 2.45) is 0 Å². The number of ether oxygens (including phenoxy) is 1. The van der Waals surface area contributed by atoms with Gasteiger partial charge in [-0.15, -0.1) is 0 Å². The Morgan fingerprint density at radius 2 is 1.88 bits per heavy atom. The smallest absolute Gasteiger partial charge is 0.475 e. The monoisotopic (exact) mass is 478 g/mol. The van der Waals surface area contributed by atoms with E-state index in [4.69, 9.17) is 18.3 Å². The Bertz CT molecular complexity index is 914. The van der Waals surface area contributed by atoms with E-state index in [1.54, 1.807) is 23.1 Å². The molecule has 0 unspecified atom stereocenters. The topological polar surface area (TPSA) is 98.1 Å². The molecule has 1 saturated heterocycles. The largest absolute Gasteiger partial charge is 0.485 e. The molecule has 2 atom stereocenters. The second kappa shape index (κ2) is 11.0. The van der Waals surface area contributed by atoms with Gasteiger partial charge in [-0.25, -0.2) is 4.57 Å². The highest BCUT2D eigenvalue weighted by Gasteiger charge is 2.52. The molecule has 1 aromatic carbocycles. The van der Waals surface area contributed by atoms with Gasteiger partial charge in [0, 0.05) is 18.5 Å². The molecule has 8 nitrogen and oxygen atoms in total. The number of rotatable bonds is 11. The molecule has 3 rings (SSSR count). The van der Waals surface area contributed by atoms with Crippen molar-refractivity contribution in [3.8, 4) is 11.8 Å². The van der Waals surface area contributed by atoms with Gasteiger partial charge >= 0.3 is 7.82 Å². The van der Waals surface area contributed by atoms with Gasteiger partial charge in [0.25, 0.3) is 0 Å². The van der Waals surface area contributed by atoms with Crippen molar-refractivity contribution in [1.82, 2.24) is 4.90 Å². The lowest BCUT2D eigenvalue weighted by molar-refractivity contribution is -0.139. The zero-order valence-electron chi connectivity index (χ0n) is 20.0. The molecule has 2 aliphatic heterocycles. The van der Waals surface area contributed by atoms with Crippen molar-refractivity contribution in [3.05, 3.63) is 29.3 Å². The number of carbonyl (C=O) groups is 1. The quantitative estimate of drug-likeness (QED) is 0.305. The van der Waals surface area contributed by atoms with Crippen LogP contribution in [-0.4, -0.2) is 42.3 Å². The highest BCUT2D eigenvalue weighted by Crippen LogP contribution is 2.56. The van der Waals surface area contributed by atoms with Crippen LogP contribution in [0.4, 0.5) is 0 Å². The number of unbranched alkanes of at least 4 members (excludes halogenated alkanes) is 2. The molecule has 1 amide bonds. The number of phosphoric acid groups is 1. The fraction of sp³-hybridized carbons (Fsp3) is 0.667. The molecule has 0 radical (unpaired) electrons. The third-order valence-electron chi connectivity index (χ3n) is 5.99.